The number of carbonyl (C=O) groups is 2. The summed E-state index contributed by atoms with van der Waals surface area (Å²) in [4.78, 5) is 30.1. The number of carbonyl (C=O) groups excluding carboxylic acids is 2. The maximum absolute atomic E-state index is 13.6. The van der Waals surface area contributed by atoms with Crippen LogP contribution in [0.25, 0.3) is 10.9 Å². The van der Waals surface area contributed by atoms with E-state index in [9.17, 15) is 14.0 Å². The SMILES string of the molecule is CC(=O)N(CC(=O)NCc1ccccc1F)c1cccc2cccnc12. The number of aromatic nitrogens is 1. The van der Waals surface area contributed by atoms with Gasteiger partial charge in [0.2, 0.25) is 11.8 Å². The van der Waals surface area contributed by atoms with Gasteiger partial charge >= 0.3 is 0 Å². The molecule has 0 bridgehead atoms. The van der Waals surface area contributed by atoms with Crippen molar-refractivity contribution in [3.05, 3.63) is 72.2 Å². The molecule has 1 aromatic heterocycles. The lowest BCUT2D eigenvalue weighted by Gasteiger charge is -2.22. The minimum absolute atomic E-state index is 0.0606. The Labute approximate surface area is 150 Å². The summed E-state index contributed by atoms with van der Waals surface area (Å²) in [6.45, 7) is 1.29. The van der Waals surface area contributed by atoms with Gasteiger partial charge in [-0.25, -0.2) is 4.39 Å². The number of anilines is 1. The molecule has 1 N–H and O–H groups in total. The van der Waals surface area contributed by atoms with E-state index in [1.54, 1.807) is 30.5 Å². The molecule has 2 aromatic carbocycles. The highest BCUT2D eigenvalue weighted by atomic mass is 19.1. The molecule has 0 saturated heterocycles. The smallest absolute Gasteiger partial charge is 0.240 e. The van der Waals surface area contributed by atoms with Crippen LogP contribution in [0.5, 0.6) is 0 Å². The van der Waals surface area contributed by atoms with E-state index in [-0.39, 0.29) is 30.7 Å². The Kier molecular flexibility index (Phi) is 5.22. The summed E-state index contributed by atoms with van der Waals surface area (Å²) < 4.78 is 13.6. The highest BCUT2D eigenvalue weighted by Gasteiger charge is 2.18. The largest absolute Gasteiger partial charge is 0.350 e. The molecule has 0 aliphatic rings. The van der Waals surface area contributed by atoms with Gasteiger partial charge in [-0.3, -0.25) is 14.6 Å². The number of fused-ring (bicyclic) bond motifs is 1. The van der Waals surface area contributed by atoms with Gasteiger partial charge in [-0.05, 0) is 18.2 Å². The number of halogens is 1. The Bertz CT molecular complexity index is 953. The first-order valence-corrected chi connectivity index (χ1v) is 8.18. The van der Waals surface area contributed by atoms with Crippen molar-refractivity contribution >= 4 is 28.4 Å². The fraction of sp³-hybridized carbons (Fsp3) is 0.150. The molecular formula is C20H18FN3O2. The maximum Gasteiger partial charge on any atom is 0.240 e. The summed E-state index contributed by atoms with van der Waals surface area (Å²) in [5.74, 6) is -1.03. The molecule has 3 rings (SSSR count). The van der Waals surface area contributed by atoms with Gasteiger partial charge in [0.25, 0.3) is 0 Å². The van der Waals surface area contributed by atoms with Crippen molar-refractivity contribution in [2.45, 2.75) is 13.5 Å². The van der Waals surface area contributed by atoms with E-state index in [2.05, 4.69) is 10.3 Å². The van der Waals surface area contributed by atoms with Crippen LogP contribution in [0.4, 0.5) is 10.1 Å². The molecule has 0 radical (unpaired) electrons. The Morgan fingerprint density at radius 3 is 2.62 bits per heavy atom. The average Bonchev–Trinajstić information content (AvgIpc) is 2.65. The van der Waals surface area contributed by atoms with Gasteiger partial charge in [0.15, 0.2) is 0 Å². The van der Waals surface area contributed by atoms with Gasteiger partial charge < -0.3 is 10.2 Å². The standard InChI is InChI=1S/C20H18FN3O2/c1-14(25)24(18-10-4-7-15-8-5-11-22-20(15)18)13-19(26)23-12-16-6-2-3-9-17(16)21/h2-11H,12-13H2,1H3,(H,23,26). The molecule has 26 heavy (non-hydrogen) atoms. The highest BCUT2D eigenvalue weighted by Crippen LogP contribution is 2.24. The Hall–Kier alpha value is -3.28. The fourth-order valence-corrected chi connectivity index (χ4v) is 2.71. The van der Waals surface area contributed by atoms with E-state index in [4.69, 9.17) is 0 Å². The van der Waals surface area contributed by atoms with Gasteiger partial charge in [0.05, 0.1) is 11.2 Å². The number of benzene rings is 2. The van der Waals surface area contributed by atoms with Gasteiger partial charge in [0, 0.05) is 30.6 Å². The molecule has 6 heteroatoms. The van der Waals surface area contributed by atoms with E-state index in [1.165, 1.54) is 17.9 Å². The van der Waals surface area contributed by atoms with Crippen LogP contribution in [0, 0.1) is 5.82 Å². The Morgan fingerprint density at radius 2 is 1.85 bits per heavy atom. The van der Waals surface area contributed by atoms with Crippen LogP contribution in [0.3, 0.4) is 0 Å². The zero-order chi connectivity index (χ0) is 18.5. The number of rotatable bonds is 5. The first-order chi connectivity index (χ1) is 12.6. The van der Waals surface area contributed by atoms with Crippen molar-refractivity contribution in [2.75, 3.05) is 11.4 Å². The van der Waals surface area contributed by atoms with Crippen LogP contribution < -0.4 is 10.2 Å². The van der Waals surface area contributed by atoms with Crippen LogP contribution in [0.2, 0.25) is 0 Å². The summed E-state index contributed by atoms with van der Waals surface area (Å²) in [7, 11) is 0. The fourth-order valence-electron chi connectivity index (χ4n) is 2.71. The van der Waals surface area contributed by atoms with Gasteiger partial charge in [-0.1, -0.05) is 36.4 Å². The molecule has 0 unspecified atom stereocenters. The zero-order valence-corrected chi connectivity index (χ0v) is 14.3. The lowest BCUT2D eigenvalue weighted by Crippen LogP contribution is -2.39. The minimum atomic E-state index is -0.380. The number of nitrogens with zero attached hydrogens (tertiary/aromatic N) is 2. The predicted molar refractivity (Wildman–Crippen MR) is 98.0 cm³/mol. The maximum atomic E-state index is 13.6. The van der Waals surface area contributed by atoms with E-state index in [0.29, 0.717) is 16.8 Å². The summed E-state index contributed by atoms with van der Waals surface area (Å²) in [6, 6.07) is 15.4. The van der Waals surface area contributed by atoms with Crippen LogP contribution in [-0.4, -0.2) is 23.3 Å². The Balaban J connectivity index is 1.77. The third kappa shape index (κ3) is 3.85. The number of nitrogens with one attached hydrogen (secondary N) is 1. The summed E-state index contributed by atoms with van der Waals surface area (Å²) >= 11 is 0. The highest BCUT2D eigenvalue weighted by molar-refractivity contribution is 6.04. The van der Waals surface area contributed by atoms with E-state index in [1.807, 2.05) is 24.3 Å². The van der Waals surface area contributed by atoms with Crippen molar-refractivity contribution in [3.63, 3.8) is 0 Å². The minimum Gasteiger partial charge on any atom is -0.350 e. The molecule has 5 nitrogen and oxygen atoms in total. The first kappa shape index (κ1) is 17.5. The molecule has 0 aliphatic carbocycles. The predicted octanol–water partition coefficient (Wildman–Crippen LogP) is 3.04. The molecule has 1 heterocycles. The molecule has 0 atom stereocenters. The number of hydrogen-bond acceptors (Lipinski definition) is 3. The van der Waals surface area contributed by atoms with Crippen LogP contribution in [0.15, 0.2) is 60.8 Å². The van der Waals surface area contributed by atoms with Crippen molar-refractivity contribution in [3.8, 4) is 0 Å². The third-order valence-electron chi connectivity index (χ3n) is 4.02. The second kappa shape index (κ2) is 7.74. The summed E-state index contributed by atoms with van der Waals surface area (Å²) in [6.07, 6.45) is 1.64. The van der Waals surface area contributed by atoms with E-state index in [0.717, 1.165) is 5.39 Å². The van der Waals surface area contributed by atoms with Gasteiger partial charge in [-0.2, -0.15) is 0 Å². The molecule has 0 spiro atoms. The van der Waals surface area contributed by atoms with Gasteiger partial charge in [0.1, 0.15) is 12.4 Å². The molecule has 132 valence electrons. The summed E-state index contributed by atoms with van der Waals surface area (Å²) in [5, 5.41) is 3.53. The van der Waals surface area contributed by atoms with Crippen LogP contribution in [0.1, 0.15) is 12.5 Å². The van der Waals surface area contributed by atoms with Crippen molar-refractivity contribution in [1.29, 1.82) is 0 Å². The molecule has 0 fully saturated rings. The quantitative estimate of drug-likeness (QED) is 0.768. The molecule has 2 amide bonds. The molecule has 3 aromatic rings. The Morgan fingerprint density at radius 1 is 1.08 bits per heavy atom. The van der Waals surface area contributed by atoms with E-state index < -0.39 is 0 Å². The van der Waals surface area contributed by atoms with E-state index >= 15 is 0 Å². The normalized spacial score (nSPS) is 10.5. The van der Waals surface area contributed by atoms with Crippen molar-refractivity contribution in [1.82, 2.24) is 10.3 Å². The van der Waals surface area contributed by atoms with Crippen LogP contribution >= 0.6 is 0 Å². The number of para-hydroxylation sites is 1. The lowest BCUT2D eigenvalue weighted by atomic mass is 10.1. The van der Waals surface area contributed by atoms with Crippen molar-refractivity contribution < 1.29 is 14.0 Å². The number of hydrogen-bond donors (Lipinski definition) is 1. The average molecular weight is 351 g/mol. The number of amides is 2. The van der Waals surface area contributed by atoms with Crippen LogP contribution in [-0.2, 0) is 16.1 Å². The molecule has 0 aliphatic heterocycles. The lowest BCUT2D eigenvalue weighted by molar-refractivity contribution is -0.123. The van der Waals surface area contributed by atoms with Gasteiger partial charge in [-0.15, -0.1) is 0 Å². The monoisotopic (exact) mass is 351 g/mol. The second-order valence-electron chi connectivity index (χ2n) is 5.83. The number of pyridine rings is 1. The zero-order valence-electron chi connectivity index (χ0n) is 14.3. The molecular weight excluding hydrogens is 333 g/mol. The topological polar surface area (TPSA) is 62.3 Å². The third-order valence-corrected chi connectivity index (χ3v) is 4.02. The summed E-state index contributed by atoms with van der Waals surface area (Å²) in [5.41, 5.74) is 1.60. The second-order valence-corrected chi connectivity index (χ2v) is 5.83. The van der Waals surface area contributed by atoms with Crippen molar-refractivity contribution in [2.24, 2.45) is 0 Å². The molecule has 0 saturated carbocycles. The first-order valence-electron chi connectivity index (χ1n) is 8.18.